The molecule has 0 aromatic carbocycles. The highest BCUT2D eigenvalue weighted by molar-refractivity contribution is 5.52. The van der Waals surface area contributed by atoms with Crippen LogP contribution in [0.4, 0.5) is 5.69 Å². The van der Waals surface area contributed by atoms with Gasteiger partial charge in [-0.15, -0.1) is 0 Å². The summed E-state index contributed by atoms with van der Waals surface area (Å²) in [6.45, 7) is 1.79. The first-order chi connectivity index (χ1) is 6.29. The molecule has 1 aliphatic heterocycles. The summed E-state index contributed by atoms with van der Waals surface area (Å²) in [5.74, 6) is 0.919. The van der Waals surface area contributed by atoms with Gasteiger partial charge >= 0.3 is 0 Å². The van der Waals surface area contributed by atoms with Gasteiger partial charge < -0.3 is 9.64 Å². The molecule has 1 aliphatic rings. The van der Waals surface area contributed by atoms with Crippen LogP contribution in [-0.2, 0) is 6.54 Å². The highest BCUT2D eigenvalue weighted by Gasteiger charge is 2.15. The van der Waals surface area contributed by atoms with Crippen molar-refractivity contribution in [2.45, 2.75) is 19.4 Å². The van der Waals surface area contributed by atoms with Crippen LogP contribution in [0, 0.1) is 0 Å². The van der Waals surface area contributed by atoms with Gasteiger partial charge in [0.25, 0.3) is 0 Å². The third-order valence-electron chi connectivity index (χ3n) is 2.26. The van der Waals surface area contributed by atoms with E-state index in [2.05, 4.69) is 5.10 Å². The van der Waals surface area contributed by atoms with Crippen LogP contribution in [-0.4, -0.2) is 30.5 Å². The van der Waals surface area contributed by atoms with E-state index in [9.17, 15) is 0 Å². The van der Waals surface area contributed by atoms with Crippen molar-refractivity contribution in [3.05, 3.63) is 6.20 Å². The fourth-order valence-electron chi connectivity index (χ4n) is 1.51. The van der Waals surface area contributed by atoms with Crippen molar-refractivity contribution < 1.29 is 4.74 Å². The van der Waals surface area contributed by atoms with E-state index in [-0.39, 0.29) is 0 Å². The van der Waals surface area contributed by atoms with Gasteiger partial charge in [0.2, 0.25) is 5.88 Å². The second-order valence-corrected chi connectivity index (χ2v) is 3.51. The van der Waals surface area contributed by atoms with E-state index in [1.165, 1.54) is 0 Å². The van der Waals surface area contributed by atoms with Gasteiger partial charge in [0.1, 0.15) is 5.69 Å². The molecular weight excluding hydrogens is 166 g/mol. The van der Waals surface area contributed by atoms with Crippen molar-refractivity contribution in [3.8, 4) is 5.88 Å². The van der Waals surface area contributed by atoms with E-state index < -0.39 is 0 Å². The van der Waals surface area contributed by atoms with Gasteiger partial charge in [-0.1, -0.05) is 0 Å². The van der Waals surface area contributed by atoms with Crippen LogP contribution in [0.15, 0.2) is 6.20 Å². The average Bonchev–Trinajstić information content (AvgIpc) is 2.36. The summed E-state index contributed by atoms with van der Waals surface area (Å²) in [6.07, 6.45) is 4.14. The molecule has 0 aliphatic carbocycles. The quantitative estimate of drug-likeness (QED) is 0.650. The molecule has 4 nitrogen and oxygen atoms in total. The highest BCUT2D eigenvalue weighted by atomic mass is 16.5. The van der Waals surface area contributed by atoms with Crippen molar-refractivity contribution >= 4 is 5.69 Å². The Hall–Kier alpha value is -1.19. The molecule has 72 valence electrons. The van der Waals surface area contributed by atoms with Crippen LogP contribution < -0.4 is 9.64 Å². The van der Waals surface area contributed by atoms with Crippen molar-refractivity contribution in [2.75, 3.05) is 25.6 Å². The number of rotatable bonds is 1. The smallest absolute Gasteiger partial charge is 0.236 e. The van der Waals surface area contributed by atoms with Gasteiger partial charge in [0.05, 0.1) is 12.8 Å². The summed E-state index contributed by atoms with van der Waals surface area (Å²) >= 11 is 0. The zero-order valence-corrected chi connectivity index (χ0v) is 8.16. The fourth-order valence-corrected chi connectivity index (χ4v) is 1.51. The molecule has 0 spiro atoms. The van der Waals surface area contributed by atoms with Gasteiger partial charge in [-0.25, -0.2) is 4.68 Å². The second-order valence-electron chi connectivity index (χ2n) is 3.51. The predicted octanol–water partition coefficient (Wildman–Crippen LogP) is 1.12. The number of ether oxygens (including phenoxy) is 1. The van der Waals surface area contributed by atoms with Gasteiger partial charge in [0.15, 0.2) is 0 Å². The first-order valence-corrected chi connectivity index (χ1v) is 4.65. The van der Waals surface area contributed by atoms with Crippen LogP contribution in [0.3, 0.4) is 0 Å². The molecule has 0 saturated carbocycles. The summed E-state index contributed by atoms with van der Waals surface area (Å²) in [4.78, 5) is 2.03. The largest absolute Gasteiger partial charge is 0.476 e. The maximum Gasteiger partial charge on any atom is 0.236 e. The Balaban J connectivity index is 2.34. The van der Waals surface area contributed by atoms with Crippen molar-refractivity contribution in [2.24, 2.45) is 0 Å². The molecule has 1 aromatic rings. The summed E-state index contributed by atoms with van der Waals surface area (Å²) in [5.41, 5.74) is 1.07. The SMILES string of the molecule is CN(C)c1cnn2c1OCCCC2. The monoisotopic (exact) mass is 181 g/mol. The Bertz CT molecular complexity index is 293. The standard InChI is InChI=1S/C9H15N3O/c1-11(2)8-7-10-12-5-3-4-6-13-9(8)12/h7H,3-6H2,1-2H3. The third-order valence-corrected chi connectivity index (χ3v) is 2.26. The lowest BCUT2D eigenvalue weighted by molar-refractivity contribution is 0.304. The zero-order valence-electron chi connectivity index (χ0n) is 8.16. The molecular formula is C9H15N3O. The summed E-state index contributed by atoms with van der Waals surface area (Å²) in [7, 11) is 4.01. The third kappa shape index (κ3) is 1.48. The van der Waals surface area contributed by atoms with Crippen LogP contribution in [0.1, 0.15) is 12.8 Å². The van der Waals surface area contributed by atoms with E-state index in [4.69, 9.17) is 4.74 Å². The molecule has 0 saturated heterocycles. The van der Waals surface area contributed by atoms with Crippen LogP contribution >= 0.6 is 0 Å². The molecule has 0 bridgehead atoms. The van der Waals surface area contributed by atoms with Gasteiger partial charge in [-0.3, -0.25) is 0 Å². The van der Waals surface area contributed by atoms with Gasteiger partial charge in [0, 0.05) is 20.6 Å². The second kappa shape index (κ2) is 3.28. The van der Waals surface area contributed by atoms with E-state index >= 15 is 0 Å². The Labute approximate surface area is 78.1 Å². The van der Waals surface area contributed by atoms with E-state index in [1.807, 2.05) is 29.9 Å². The Morgan fingerprint density at radius 3 is 3.08 bits per heavy atom. The van der Waals surface area contributed by atoms with Crippen molar-refractivity contribution in [1.82, 2.24) is 9.78 Å². The lowest BCUT2D eigenvalue weighted by atomic mass is 10.3. The van der Waals surface area contributed by atoms with Gasteiger partial charge in [-0.2, -0.15) is 5.10 Å². The zero-order chi connectivity index (χ0) is 9.26. The maximum atomic E-state index is 5.64. The van der Waals surface area contributed by atoms with Crippen LogP contribution in [0.5, 0.6) is 5.88 Å². The van der Waals surface area contributed by atoms with E-state index in [0.29, 0.717) is 0 Å². The van der Waals surface area contributed by atoms with Crippen LogP contribution in [0.2, 0.25) is 0 Å². The minimum Gasteiger partial charge on any atom is -0.476 e. The molecule has 0 unspecified atom stereocenters. The summed E-state index contributed by atoms with van der Waals surface area (Å²) < 4.78 is 7.59. The molecule has 1 aromatic heterocycles. The number of anilines is 1. The van der Waals surface area contributed by atoms with Gasteiger partial charge in [-0.05, 0) is 12.8 Å². The Morgan fingerprint density at radius 2 is 2.31 bits per heavy atom. The maximum absolute atomic E-state index is 5.64. The molecule has 0 N–H and O–H groups in total. The van der Waals surface area contributed by atoms with Crippen molar-refractivity contribution in [1.29, 1.82) is 0 Å². The first kappa shape index (κ1) is 8.41. The normalized spacial score (nSPS) is 15.8. The number of hydrogen-bond acceptors (Lipinski definition) is 3. The molecule has 0 radical (unpaired) electrons. The Kier molecular flexibility index (Phi) is 2.12. The summed E-state index contributed by atoms with van der Waals surface area (Å²) in [5, 5.41) is 4.29. The number of hydrogen-bond donors (Lipinski definition) is 0. The number of fused-ring (bicyclic) bond motifs is 1. The fraction of sp³-hybridized carbons (Fsp3) is 0.667. The lowest BCUT2D eigenvalue weighted by Gasteiger charge is -2.12. The topological polar surface area (TPSA) is 30.3 Å². The minimum absolute atomic E-state index is 0.812. The molecule has 2 heterocycles. The molecule has 0 amide bonds. The molecule has 2 rings (SSSR count). The Morgan fingerprint density at radius 1 is 1.46 bits per heavy atom. The molecule has 4 heteroatoms. The van der Waals surface area contributed by atoms with Crippen molar-refractivity contribution in [3.63, 3.8) is 0 Å². The number of nitrogens with zero attached hydrogens (tertiary/aromatic N) is 3. The first-order valence-electron chi connectivity index (χ1n) is 4.65. The molecule has 0 atom stereocenters. The predicted molar refractivity (Wildman–Crippen MR) is 51.3 cm³/mol. The number of aryl methyl sites for hydroxylation is 1. The molecule has 13 heavy (non-hydrogen) atoms. The number of aromatic nitrogens is 2. The minimum atomic E-state index is 0.812. The van der Waals surface area contributed by atoms with Crippen LogP contribution in [0.25, 0.3) is 0 Å². The summed E-state index contributed by atoms with van der Waals surface area (Å²) in [6, 6.07) is 0. The van der Waals surface area contributed by atoms with E-state index in [0.717, 1.165) is 37.6 Å². The molecule has 0 fully saturated rings. The van der Waals surface area contributed by atoms with E-state index in [1.54, 1.807) is 0 Å². The average molecular weight is 181 g/mol. The highest BCUT2D eigenvalue weighted by Crippen LogP contribution is 2.28. The lowest BCUT2D eigenvalue weighted by Crippen LogP contribution is -2.10.